The van der Waals surface area contributed by atoms with Crippen LogP contribution in [0.3, 0.4) is 0 Å². The van der Waals surface area contributed by atoms with Gasteiger partial charge in [-0.25, -0.2) is 0 Å². The van der Waals surface area contributed by atoms with Crippen LogP contribution in [0.5, 0.6) is 0 Å². The van der Waals surface area contributed by atoms with Gasteiger partial charge in [0.05, 0.1) is 0 Å². The standard InChI is InChI=1S/C18H18N2O2/c1-4-17(21)19-15-9-5-13(6-10-15)18(22)14-7-11-16(12-8-14)20(2)3/h4-12H,1H2,2-3H3,(H,19,21). The summed E-state index contributed by atoms with van der Waals surface area (Å²) in [5.41, 5.74) is 2.88. The summed E-state index contributed by atoms with van der Waals surface area (Å²) in [7, 11) is 3.90. The van der Waals surface area contributed by atoms with Crippen LogP contribution in [-0.2, 0) is 4.79 Å². The number of nitrogens with zero attached hydrogens (tertiary/aromatic N) is 1. The SMILES string of the molecule is C=CC(=O)Nc1ccc(C(=O)c2ccc(N(C)C)cc2)cc1. The van der Waals surface area contributed by atoms with Gasteiger partial charge >= 0.3 is 0 Å². The fraction of sp³-hybridized carbons (Fsp3) is 0.111. The first-order valence-corrected chi connectivity index (χ1v) is 6.87. The van der Waals surface area contributed by atoms with E-state index in [4.69, 9.17) is 0 Å². The lowest BCUT2D eigenvalue weighted by Crippen LogP contribution is -2.09. The number of benzene rings is 2. The summed E-state index contributed by atoms with van der Waals surface area (Å²) in [6, 6.07) is 14.2. The third-order valence-corrected chi connectivity index (χ3v) is 3.25. The normalized spacial score (nSPS) is 9.91. The van der Waals surface area contributed by atoms with Crippen LogP contribution < -0.4 is 10.2 Å². The Hall–Kier alpha value is -2.88. The molecule has 0 spiro atoms. The van der Waals surface area contributed by atoms with Crippen molar-refractivity contribution in [3.63, 3.8) is 0 Å². The average molecular weight is 294 g/mol. The van der Waals surface area contributed by atoms with Crippen molar-refractivity contribution in [3.8, 4) is 0 Å². The number of ketones is 1. The van der Waals surface area contributed by atoms with Crippen LogP contribution in [0, 0.1) is 0 Å². The molecule has 0 heterocycles. The minimum absolute atomic E-state index is 0.0492. The maximum Gasteiger partial charge on any atom is 0.247 e. The second-order valence-corrected chi connectivity index (χ2v) is 5.04. The van der Waals surface area contributed by atoms with E-state index in [0.29, 0.717) is 16.8 Å². The molecule has 0 bridgehead atoms. The van der Waals surface area contributed by atoms with E-state index in [-0.39, 0.29) is 11.7 Å². The molecule has 0 atom stereocenters. The zero-order valence-corrected chi connectivity index (χ0v) is 12.7. The smallest absolute Gasteiger partial charge is 0.247 e. The highest BCUT2D eigenvalue weighted by atomic mass is 16.1. The zero-order chi connectivity index (χ0) is 16.1. The number of nitrogens with one attached hydrogen (secondary N) is 1. The van der Waals surface area contributed by atoms with Crippen LogP contribution in [0.2, 0.25) is 0 Å². The van der Waals surface area contributed by atoms with E-state index in [1.54, 1.807) is 24.3 Å². The molecular formula is C18H18N2O2. The van der Waals surface area contributed by atoms with Crippen molar-refractivity contribution in [1.82, 2.24) is 0 Å². The van der Waals surface area contributed by atoms with Gasteiger partial charge in [-0.1, -0.05) is 6.58 Å². The molecule has 22 heavy (non-hydrogen) atoms. The molecule has 4 heteroatoms. The molecule has 0 saturated carbocycles. The molecule has 1 amide bonds. The lowest BCUT2D eigenvalue weighted by Gasteiger charge is -2.12. The van der Waals surface area contributed by atoms with E-state index in [1.807, 2.05) is 43.3 Å². The largest absolute Gasteiger partial charge is 0.378 e. The molecule has 2 rings (SSSR count). The van der Waals surface area contributed by atoms with Crippen LogP contribution in [0.25, 0.3) is 0 Å². The van der Waals surface area contributed by atoms with Gasteiger partial charge < -0.3 is 10.2 Å². The van der Waals surface area contributed by atoms with Crippen molar-refractivity contribution in [2.75, 3.05) is 24.3 Å². The summed E-state index contributed by atoms with van der Waals surface area (Å²) in [6.45, 7) is 3.39. The molecule has 2 aromatic carbocycles. The third-order valence-electron chi connectivity index (χ3n) is 3.25. The lowest BCUT2D eigenvalue weighted by molar-refractivity contribution is -0.111. The number of anilines is 2. The first-order chi connectivity index (χ1) is 10.5. The highest BCUT2D eigenvalue weighted by Crippen LogP contribution is 2.17. The van der Waals surface area contributed by atoms with Crippen LogP contribution in [0.4, 0.5) is 11.4 Å². The van der Waals surface area contributed by atoms with E-state index in [1.165, 1.54) is 6.08 Å². The molecule has 0 saturated heterocycles. The molecule has 0 fully saturated rings. The Bertz CT molecular complexity index is 686. The predicted octanol–water partition coefficient (Wildman–Crippen LogP) is 3.11. The van der Waals surface area contributed by atoms with E-state index in [0.717, 1.165) is 5.69 Å². The Kier molecular flexibility index (Phi) is 4.73. The van der Waals surface area contributed by atoms with Crippen LogP contribution >= 0.6 is 0 Å². The summed E-state index contributed by atoms with van der Waals surface area (Å²) >= 11 is 0. The maximum absolute atomic E-state index is 12.4. The van der Waals surface area contributed by atoms with Gasteiger partial charge in [0.25, 0.3) is 0 Å². The molecule has 0 aromatic heterocycles. The number of hydrogen-bond donors (Lipinski definition) is 1. The van der Waals surface area contributed by atoms with Crippen molar-refractivity contribution in [1.29, 1.82) is 0 Å². The molecule has 112 valence electrons. The van der Waals surface area contributed by atoms with Crippen molar-refractivity contribution < 1.29 is 9.59 Å². The number of carbonyl (C=O) groups excluding carboxylic acids is 2. The van der Waals surface area contributed by atoms with Crippen molar-refractivity contribution >= 4 is 23.1 Å². The number of rotatable bonds is 5. The molecule has 2 aromatic rings. The van der Waals surface area contributed by atoms with E-state index < -0.39 is 0 Å². The third kappa shape index (κ3) is 3.61. The van der Waals surface area contributed by atoms with Gasteiger partial charge in [-0.15, -0.1) is 0 Å². The monoisotopic (exact) mass is 294 g/mol. The predicted molar refractivity (Wildman–Crippen MR) is 89.5 cm³/mol. The molecule has 0 unspecified atom stereocenters. The molecule has 1 N–H and O–H groups in total. The van der Waals surface area contributed by atoms with Gasteiger partial charge in [0.15, 0.2) is 5.78 Å². The van der Waals surface area contributed by atoms with Gasteiger partial charge in [-0.05, 0) is 54.6 Å². The number of carbonyl (C=O) groups is 2. The molecule has 0 aliphatic carbocycles. The van der Waals surface area contributed by atoms with Crippen molar-refractivity contribution in [3.05, 3.63) is 72.3 Å². The van der Waals surface area contributed by atoms with Gasteiger partial charge in [-0.3, -0.25) is 9.59 Å². The fourth-order valence-corrected chi connectivity index (χ4v) is 1.98. The van der Waals surface area contributed by atoms with Crippen molar-refractivity contribution in [2.45, 2.75) is 0 Å². The summed E-state index contributed by atoms with van der Waals surface area (Å²) in [5.74, 6) is -0.328. The molecular weight excluding hydrogens is 276 g/mol. The Morgan fingerprint density at radius 1 is 0.955 bits per heavy atom. The van der Waals surface area contributed by atoms with Crippen LogP contribution in [0.1, 0.15) is 15.9 Å². The highest BCUT2D eigenvalue weighted by molar-refractivity contribution is 6.09. The van der Waals surface area contributed by atoms with E-state index in [9.17, 15) is 9.59 Å². The van der Waals surface area contributed by atoms with Crippen LogP contribution in [0.15, 0.2) is 61.2 Å². The van der Waals surface area contributed by atoms with E-state index in [2.05, 4.69) is 11.9 Å². The number of amides is 1. The Labute approximate surface area is 130 Å². The first-order valence-electron chi connectivity index (χ1n) is 6.87. The van der Waals surface area contributed by atoms with Gasteiger partial charge in [-0.2, -0.15) is 0 Å². The van der Waals surface area contributed by atoms with Gasteiger partial charge in [0.1, 0.15) is 0 Å². The maximum atomic E-state index is 12.4. The first kappa shape index (κ1) is 15.5. The Morgan fingerprint density at radius 3 is 1.91 bits per heavy atom. The summed E-state index contributed by atoms with van der Waals surface area (Å²) in [6.07, 6.45) is 1.20. The molecule has 4 nitrogen and oxygen atoms in total. The molecule has 0 radical (unpaired) electrons. The van der Waals surface area contributed by atoms with Crippen LogP contribution in [-0.4, -0.2) is 25.8 Å². The summed E-state index contributed by atoms with van der Waals surface area (Å²) in [4.78, 5) is 25.6. The van der Waals surface area contributed by atoms with Gasteiger partial charge in [0, 0.05) is 36.6 Å². The highest BCUT2D eigenvalue weighted by Gasteiger charge is 2.09. The lowest BCUT2D eigenvalue weighted by atomic mass is 10.0. The average Bonchev–Trinajstić information content (AvgIpc) is 2.55. The quantitative estimate of drug-likeness (QED) is 0.681. The topological polar surface area (TPSA) is 49.4 Å². The summed E-state index contributed by atoms with van der Waals surface area (Å²) < 4.78 is 0. The minimum atomic E-state index is -0.279. The van der Waals surface area contributed by atoms with E-state index >= 15 is 0 Å². The second-order valence-electron chi connectivity index (χ2n) is 5.04. The summed E-state index contributed by atoms with van der Waals surface area (Å²) in [5, 5.41) is 2.64. The Balaban J connectivity index is 2.15. The molecule has 0 aliphatic heterocycles. The Morgan fingerprint density at radius 2 is 1.45 bits per heavy atom. The fourth-order valence-electron chi connectivity index (χ4n) is 1.98. The minimum Gasteiger partial charge on any atom is -0.378 e. The zero-order valence-electron chi connectivity index (χ0n) is 12.7. The second kappa shape index (κ2) is 6.72. The van der Waals surface area contributed by atoms with Crippen molar-refractivity contribution in [2.24, 2.45) is 0 Å². The molecule has 0 aliphatic rings. The number of hydrogen-bond acceptors (Lipinski definition) is 3. The van der Waals surface area contributed by atoms with Gasteiger partial charge in [0.2, 0.25) is 5.91 Å².